The molecule has 0 aliphatic carbocycles. The monoisotopic (exact) mass is 288 g/mol. The number of hydrogen-bond acceptors (Lipinski definition) is 4. The van der Waals surface area contributed by atoms with E-state index in [1.54, 1.807) is 18.3 Å². The van der Waals surface area contributed by atoms with Crippen LogP contribution in [-0.2, 0) is 0 Å². The van der Waals surface area contributed by atoms with Crippen LogP contribution in [0.4, 0.5) is 0 Å². The number of fused-ring (bicyclic) bond motifs is 1. The molecular weight excluding hydrogens is 268 g/mol. The van der Waals surface area contributed by atoms with E-state index < -0.39 is 5.97 Å². The molecule has 112 valence electrons. The number of aromatic carboxylic acids is 1. The first-order valence-corrected chi connectivity index (χ1v) is 7.41. The number of piperidine rings is 1. The lowest BCUT2D eigenvalue weighted by Crippen LogP contribution is -2.39. The molecule has 21 heavy (non-hydrogen) atoms. The third-order valence-electron chi connectivity index (χ3n) is 4.19. The summed E-state index contributed by atoms with van der Waals surface area (Å²) in [6.07, 6.45) is 5.24. The first-order chi connectivity index (χ1) is 10.1. The third-order valence-corrected chi connectivity index (χ3v) is 4.19. The first kappa shape index (κ1) is 14.0. The molecule has 0 saturated carbocycles. The Balaban J connectivity index is 2.01. The molecule has 1 N–H and O–H groups in total. The van der Waals surface area contributed by atoms with Gasteiger partial charge in [-0.1, -0.05) is 6.42 Å². The van der Waals surface area contributed by atoms with Crippen molar-refractivity contribution < 1.29 is 9.90 Å². The van der Waals surface area contributed by atoms with Gasteiger partial charge in [-0.15, -0.1) is 10.2 Å². The van der Waals surface area contributed by atoms with Crippen LogP contribution in [0.3, 0.4) is 0 Å². The predicted molar refractivity (Wildman–Crippen MR) is 78.4 cm³/mol. The number of carbonyl (C=O) groups is 1. The van der Waals surface area contributed by atoms with E-state index in [0.717, 1.165) is 18.8 Å². The number of rotatable bonds is 3. The van der Waals surface area contributed by atoms with E-state index in [1.807, 2.05) is 4.40 Å². The summed E-state index contributed by atoms with van der Waals surface area (Å²) < 4.78 is 1.91. The van der Waals surface area contributed by atoms with Gasteiger partial charge in [0, 0.05) is 12.2 Å². The largest absolute Gasteiger partial charge is 0.478 e. The molecule has 0 spiro atoms. The molecule has 1 unspecified atom stereocenters. The molecule has 2 aromatic rings. The van der Waals surface area contributed by atoms with Gasteiger partial charge in [0.2, 0.25) is 0 Å². The van der Waals surface area contributed by atoms with E-state index in [4.69, 9.17) is 5.11 Å². The summed E-state index contributed by atoms with van der Waals surface area (Å²) in [4.78, 5) is 13.5. The number of pyridine rings is 1. The molecule has 0 bridgehead atoms. The van der Waals surface area contributed by atoms with Crippen LogP contribution >= 0.6 is 0 Å². The van der Waals surface area contributed by atoms with Crippen LogP contribution in [0.25, 0.3) is 5.65 Å². The van der Waals surface area contributed by atoms with Gasteiger partial charge in [0.05, 0.1) is 11.6 Å². The summed E-state index contributed by atoms with van der Waals surface area (Å²) in [6.45, 7) is 5.47. The second-order valence-electron chi connectivity index (χ2n) is 5.85. The fraction of sp³-hybridized carbons (Fsp3) is 0.533. The molecular formula is C15H20N4O2. The molecule has 6 heteroatoms. The minimum Gasteiger partial charge on any atom is -0.478 e. The lowest BCUT2D eigenvalue weighted by atomic mass is 10.00. The van der Waals surface area contributed by atoms with Crippen LogP contribution in [0.15, 0.2) is 18.3 Å². The smallest absolute Gasteiger partial charge is 0.335 e. The predicted octanol–water partition coefficient (Wildman–Crippen LogP) is 2.36. The van der Waals surface area contributed by atoms with Gasteiger partial charge in [-0.05, 0) is 45.4 Å². The lowest BCUT2D eigenvalue weighted by molar-refractivity contribution is 0.0697. The van der Waals surface area contributed by atoms with Crippen molar-refractivity contribution in [2.75, 3.05) is 6.54 Å². The topological polar surface area (TPSA) is 70.7 Å². The maximum Gasteiger partial charge on any atom is 0.335 e. The van der Waals surface area contributed by atoms with Crippen LogP contribution in [0.2, 0.25) is 0 Å². The lowest BCUT2D eigenvalue weighted by Gasteiger charge is -2.37. The zero-order valence-corrected chi connectivity index (χ0v) is 12.4. The highest BCUT2D eigenvalue weighted by atomic mass is 16.4. The Morgan fingerprint density at radius 3 is 2.90 bits per heavy atom. The molecule has 0 radical (unpaired) electrons. The van der Waals surface area contributed by atoms with E-state index in [9.17, 15) is 4.79 Å². The van der Waals surface area contributed by atoms with Crippen molar-refractivity contribution >= 4 is 11.6 Å². The molecule has 0 amide bonds. The summed E-state index contributed by atoms with van der Waals surface area (Å²) in [5, 5.41) is 17.5. The number of carboxylic acids is 1. The van der Waals surface area contributed by atoms with Crippen LogP contribution in [0, 0.1) is 0 Å². The Kier molecular flexibility index (Phi) is 3.63. The van der Waals surface area contributed by atoms with E-state index in [2.05, 4.69) is 28.9 Å². The van der Waals surface area contributed by atoms with Crippen LogP contribution in [0.1, 0.15) is 55.3 Å². The van der Waals surface area contributed by atoms with Gasteiger partial charge in [-0.2, -0.15) is 0 Å². The maximum absolute atomic E-state index is 11.0. The molecule has 1 aliphatic heterocycles. The molecule has 1 fully saturated rings. The van der Waals surface area contributed by atoms with E-state index in [-0.39, 0.29) is 11.6 Å². The standard InChI is InChI=1S/C15H20N4O2/c1-10(2)18-7-4-3-5-12(18)14-17-16-13-9-11(15(20)21)6-8-19(13)14/h6,8-10,12H,3-5,7H2,1-2H3,(H,20,21). The van der Waals surface area contributed by atoms with Crippen molar-refractivity contribution in [1.29, 1.82) is 0 Å². The second-order valence-corrected chi connectivity index (χ2v) is 5.85. The highest BCUT2D eigenvalue weighted by Gasteiger charge is 2.29. The molecule has 0 aromatic carbocycles. The molecule has 6 nitrogen and oxygen atoms in total. The SMILES string of the molecule is CC(C)N1CCCCC1c1nnc2cc(C(=O)O)ccn12. The van der Waals surface area contributed by atoms with Crippen molar-refractivity contribution in [3.05, 3.63) is 29.7 Å². The molecule has 1 saturated heterocycles. The second kappa shape index (κ2) is 5.44. The van der Waals surface area contributed by atoms with Gasteiger partial charge in [-0.25, -0.2) is 4.79 Å². The van der Waals surface area contributed by atoms with Crippen LogP contribution in [-0.4, -0.2) is 43.2 Å². The number of aromatic nitrogens is 3. The average Bonchev–Trinajstić information content (AvgIpc) is 2.89. The Bertz CT molecular complexity index is 665. The first-order valence-electron chi connectivity index (χ1n) is 7.41. The molecule has 3 heterocycles. The maximum atomic E-state index is 11.0. The highest BCUT2D eigenvalue weighted by Crippen LogP contribution is 2.31. The normalized spacial score (nSPS) is 20.2. The van der Waals surface area contributed by atoms with Crippen molar-refractivity contribution in [2.45, 2.75) is 45.2 Å². The molecule has 3 rings (SSSR count). The van der Waals surface area contributed by atoms with Gasteiger partial charge in [0.25, 0.3) is 0 Å². The van der Waals surface area contributed by atoms with Gasteiger partial charge in [0.15, 0.2) is 11.5 Å². The van der Waals surface area contributed by atoms with Crippen molar-refractivity contribution in [1.82, 2.24) is 19.5 Å². The van der Waals surface area contributed by atoms with Gasteiger partial charge < -0.3 is 5.11 Å². The van der Waals surface area contributed by atoms with E-state index in [1.165, 1.54) is 12.8 Å². The Morgan fingerprint density at radius 2 is 2.19 bits per heavy atom. The number of likely N-dealkylation sites (tertiary alicyclic amines) is 1. The molecule has 2 aromatic heterocycles. The molecule has 1 atom stereocenters. The van der Waals surface area contributed by atoms with Crippen molar-refractivity contribution in [2.24, 2.45) is 0 Å². The summed E-state index contributed by atoms with van der Waals surface area (Å²) in [6, 6.07) is 3.89. The summed E-state index contributed by atoms with van der Waals surface area (Å²) in [5.74, 6) is -0.0288. The van der Waals surface area contributed by atoms with Gasteiger partial charge >= 0.3 is 5.97 Å². The average molecular weight is 288 g/mol. The number of hydrogen-bond donors (Lipinski definition) is 1. The highest BCUT2D eigenvalue weighted by molar-refractivity contribution is 5.88. The van der Waals surface area contributed by atoms with E-state index >= 15 is 0 Å². The fourth-order valence-electron chi connectivity index (χ4n) is 3.12. The zero-order valence-electron chi connectivity index (χ0n) is 12.4. The Morgan fingerprint density at radius 1 is 1.38 bits per heavy atom. The quantitative estimate of drug-likeness (QED) is 0.938. The van der Waals surface area contributed by atoms with Gasteiger partial charge in [-0.3, -0.25) is 9.30 Å². The van der Waals surface area contributed by atoms with E-state index in [0.29, 0.717) is 11.7 Å². The number of carboxylic acid groups (broad SMARTS) is 1. The molecule has 1 aliphatic rings. The zero-order chi connectivity index (χ0) is 15.0. The van der Waals surface area contributed by atoms with Crippen molar-refractivity contribution in [3.63, 3.8) is 0 Å². The minimum atomic E-state index is -0.941. The minimum absolute atomic E-state index is 0.241. The Hall–Kier alpha value is -1.95. The summed E-state index contributed by atoms with van der Waals surface area (Å²) in [5.41, 5.74) is 0.838. The van der Waals surface area contributed by atoms with Crippen LogP contribution < -0.4 is 0 Å². The van der Waals surface area contributed by atoms with Crippen LogP contribution in [0.5, 0.6) is 0 Å². The fourth-order valence-corrected chi connectivity index (χ4v) is 3.12. The summed E-state index contributed by atoms with van der Waals surface area (Å²) in [7, 11) is 0. The number of nitrogens with zero attached hydrogens (tertiary/aromatic N) is 4. The third kappa shape index (κ3) is 2.51. The van der Waals surface area contributed by atoms with Crippen molar-refractivity contribution in [3.8, 4) is 0 Å². The van der Waals surface area contributed by atoms with Gasteiger partial charge in [0.1, 0.15) is 0 Å². The Labute approximate surface area is 123 Å². The summed E-state index contributed by atoms with van der Waals surface area (Å²) >= 11 is 0.